The van der Waals surface area contributed by atoms with E-state index in [9.17, 15) is 49.5 Å². The highest BCUT2D eigenvalue weighted by atomic mass is 16.4. The molecule has 3 aliphatic rings. The van der Waals surface area contributed by atoms with Gasteiger partial charge in [0.1, 0.15) is 17.1 Å². The summed E-state index contributed by atoms with van der Waals surface area (Å²) < 4.78 is 0. The first-order valence-electron chi connectivity index (χ1n) is 12.9. The van der Waals surface area contributed by atoms with E-state index in [0.29, 0.717) is 0 Å². The molecule has 0 radical (unpaired) electrons. The van der Waals surface area contributed by atoms with Crippen molar-refractivity contribution in [1.82, 2.24) is 4.90 Å². The van der Waals surface area contributed by atoms with Crippen LogP contribution in [0.4, 0.5) is 5.69 Å². The van der Waals surface area contributed by atoms with E-state index in [-0.39, 0.29) is 24.1 Å². The van der Waals surface area contributed by atoms with Gasteiger partial charge in [-0.05, 0) is 38.1 Å². The average molecular weight is 589 g/mol. The number of rotatable bonds is 7. The van der Waals surface area contributed by atoms with Crippen LogP contribution in [0.3, 0.4) is 0 Å². The second-order valence-corrected chi connectivity index (χ2v) is 11.0. The molecular formula is C27H32N4O11. The van der Waals surface area contributed by atoms with Crippen molar-refractivity contribution in [3.63, 3.8) is 0 Å². The number of ketones is 2. The minimum Gasteiger partial charge on any atom is -0.510 e. The van der Waals surface area contributed by atoms with Crippen LogP contribution in [-0.2, 0) is 19.2 Å². The number of carbonyl (C=O) groups excluding carboxylic acids is 4. The molecular weight excluding hydrogens is 556 g/mol. The van der Waals surface area contributed by atoms with Gasteiger partial charge in [0.25, 0.3) is 5.91 Å². The standard InChI is InChI=1S/C27H32N4O11/c1-8-9-4-6-11(30-26(41)10(28)5-7-12(32)33)19(34)14(9)20(35)15-13(8)21(36)17-18(31(2)3)22(37)16(25(29)40)24(39)27(17,42)23(15)38/h4,6,8,10,13,17-18,21,34,36-38,42H,5,7,28H2,1-3H3,(H2,29,40)(H,30,41)(H,32,33)/t8?,10-,13?,17?,18-,21?,27-/m0/s1. The maximum atomic E-state index is 13.9. The van der Waals surface area contributed by atoms with Crippen LogP contribution in [0.2, 0.25) is 0 Å². The van der Waals surface area contributed by atoms with E-state index in [4.69, 9.17) is 16.6 Å². The van der Waals surface area contributed by atoms with Gasteiger partial charge in [-0.3, -0.25) is 28.9 Å². The summed E-state index contributed by atoms with van der Waals surface area (Å²) in [7, 11) is 2.87. The minimum absolute atomic E-state index is 0.206. The third kappa shape index (κ3) is 4.32. The second-order valence-electron chi connectivity index (χ2n) is 11.0. The Morgan fingerprint density at radius 1 is 1.14 bits per heavy atom. The number of benzene rings is 1. The van der Waals surface area contributed by atoms with Gasteiger partial charge in [-0.1, -0.05) is 13.0 Å². The lowest BCUT2D eigenvalue weighted by atomic mass is 9.55. The number of nitrogens with zero attached hydrogens (tertiary/aromatic N) is 1. The third-order valence-corrected chi connectivity index (χ3v) is 8.40. The number of amides is 2. The zero-order valence-electron chi connectivity index (χ0n) is 22.9. The fourth-order valence-corrected chi connectivity index (χ4v) is 6.36. The van der Waals surface area contributed by atoms with Crippen LogP contribution >= 0.6 is 0 Å². The highest BCUT2D eigenvalue weighted by molar-refractivity contribution is 6.25. The molecule has 0 saturated heterocycles. The lowest BCUT2D eigenvalue weighted by Crippen LogP contribution is -2.68. The summed E-state index contributed by atoms with van der Waals surface area (Å²) in [6, 6.07) is 0.0391. The number of carboxylic acid groups (broad SMARTS) is 1. The Morgan fingerprint density at radius 3 is 2.31 bits per heavy atom. The first kappa shape index (κ1) is 30.6. The summed E-state index contributed by atoms with van der Waals surface area (Å²) in [5, 5.41) is 67.8. The number of nitrogens with two attached hydrogens (primary N) is 2. The number of anilines is 1. The topological polar surface area (TPSA) is 274 Å². The summed E-state index contributed by atoms with van der Waals surface area (Å²) in [6.07, 6.45) is -2.34. The smallest absolute Gasteiger partial charge is 0.303 e. The number of likely N-dealkylation sites (N-methyl/N-ethyl adjacent to an activating group) is 1. The number of carboxylic acids is 1. The summed E-state index contributed by atoms with van der Waals surface area (Å²) in [6.45, 7) is 1.57. The van der Waals surface area contributed by atoms with Crippen molar-refractivity contribution in [1.29, 1.82) is 0 Å². The highest BCUT2D eigenvalue weighted by Crippen LogP contribution is 2.56. The number of aliphatic carboxylic acids is 1. The van der Waals surface area contributed by atoms with Crippen molar-refractivity contribution < 1.29 is 54.6 Å². The number of hydrogen-bond donors (Lipinski definition) is 9. The Labute approximate surface area is 238 Å². The number of aliphatic hydroxyl groups excluding tert-OH is 3. The number of Topliss-reactive ketones (excluding diaryl/α,β-unsaturated/α-hetero) is 2. The largest absolute Gasteiger partial charge is 0.510 e. The lowest BCUT2D eigenvalue weighted by molar-refractivity contribution is -0.162. The molecule has 4 unspecified atom stereocenters. The number of carbonyl (C=O) groups is 5. The van der Waals surface area contributed by atoms with E-state index in [2.05, 4.69) is 5.32 Å². The monoisotopic (exact) mass is 588 g/mol. The second kappa shape index (κ2) is 10.5. The molecule has 3 aliphatic carbocycles. The third-order valence-electron chi connectivity index (χ3n) is 8.40. The number of fused-ring (bicyclic) bond motifs is 3. The van der Waals surface area contributed by atoms with Gasteiger partial charge in [0, 0.05) is 17.9 Å². The molecule has 4 rings (SSSR count). The summed E-state index contributed by atoms with van der Waals surface area (Å²) >= 11 is 0. The number of aliphatic hydroxyl groups is 4. The maximum Gasteiger partial charge on any atom is 0.303 e. The van der Waals surface area contributed by atoms with Crippen molar-refractivity contribution in [3.05, 3.63) is 45.9 Å². The van der Waals surface area contributed by atoms with Crippen molar-refractivity contribution in [3.8, 4) is 5.75 Å². The van der Waals surface area contributed by atoms with Crippen molar-refractivity contribution in [2.75, 3.05) is 19.4 Å². The molecule has 15 heteroatoms. The first-order chi connectivity index (χ1) is 19.5. The number of aromatic hydroxyl groups is 1. The molecule has 1 aromatic rings. The number of nitrogens with one attached hydrogen (secondary N) is 1. The van der Waals surface area contributed by atoms with E-state index >= 15 is 0 Å². The fraction of sp³-hybridized carbons (Fsp3) is 0.444. The Kier molecular flexibility index (Phi) is 7.67. The number of phenolic OH excluding ortho intramolecular Hbond substituents is 1. The Bertz CT molecular complexity index is 1480. The van der Waals surface area contributed by atoms with Crippen LogP contribution in [0.15, 0.2) is 34.8 Å². The van der Waals surface area contributed by atoms with Crippen LogP contribution in [0.25, 0.3) is 0 Å². The Morgan fingerprint density at radius 2 is 1.76 bits per heavy atom. The van der Waals surface area contributed by atoms with Crippen LogP contribution in [0.5, 0.6) is 5.75 Å². The SMILES string of the molecule is CC1c2ccc(NC(=O)[C@@H](N)CCC(=O)O)c(O)c2C(=O)C2=C(O)[C@]3(O)C(=O)C(C(N)=O)=C(O)[C@@H](N(C)C)C3C(O)C21. The average Bonchev–Trinajstić information content (AvgIpc) is 2.90. The van der Waals surface area contributed by atoms with E-state index in [1.54, 1.807) is 6.92 Å². The Balaban J connectivity index is 1.86. The van der Waals surface area contributed by atoms with Gasteiger partial charge in [0.2, 0.25) is 11.7 Å². The van der Waals surface area contributed by atoms with Gasteiger partial charge >= 0.3 is 5.97 Å². The summed E-state index contributed by atoms with van der Waals surface area (Å²) in [5.41, 5.74) is 5.92. The molecule has 42 heavy (non-hydrogen) atoms. The molecule has 0 spiro atoms. The van der Waals surface area contributed by atoms with Crippen LogP contribution in [-0.4, -0.2) is 103 Å². The quantitative estimate of drug-likeness (QED) is 0.134. The molecule has 226 valence electrons. The maximum absolute atomic E-state index is 13.9. The van der Waals surface area contributed by atoms with Gasteiger partial charge in [0.05, 0.1) is 35.4 Å². The van der Waals surface area contributed by atoms with E-state index < -0.39 is 105 Å². The van der Waals surface area contributed by atoms with Gasteiger partial charge in [-0.25, -0.2) is 0 Å². The number of phenols is 1. The molecule has 11 N–H and O–H groups in total. The van der Waals surface area contributed by atoms with Crippen molar-refractivity contribution in [2.45, 2.75) is 49.5 Å². The molecule has 1 aromatic carbocycles. The summed E-state index contributed by atoms with van der Waals surface area (Å²) in [4.78, 5) is 64.0. The molecule has 0 saturated carbocycles. The van der Waals surface area contributed by atoms with Gasteiger partial charge in [0.15, 0.2) is 17.1 Å². The van der Waals surface area contributed by atoms with E-state index in [0.717, 1.165) is 0 Å². The molecule has 0 aliphatic heterocycles. The predicted molar refractivity (Wildman–Crippen MR) is 143 cm³/mol. The van der Waals surface area contributed by atoms with Crippen molar-refractivity contribution in [2.24, 2.45) is 23.3 Å². The predicted octanol–water partition coefficient (Wildman–Crippen LogP) is -1.22. The van der Waals surface area contributed by atoms with Gasteiger partial charge in [-0.2, -0.15) is 0 Å². The molecule has 0 fully saturated rings. The highest BCUT2D eigenvalue weighted by Gasteiger charge is 2.67. The number of hydrogen-bond acceptors (Lipinski definition) is 12. The molecule has 0 bridgehead atoms. The van der Waals surface area contributed by atoms with Gasteiger partial charge < -0.3 is 47.4 Å². The van der Waals surface area contributed by atoms with E-state index in [1.165, 1.54) is 31.1 Å². The molecule has 7 atom stereocenters. The zero-order chi connectivity index (χ0) is 31.6. The first-order valence-corrected chi connectivity index (χ1v) is 12.9. The molecule has 15 nitrogen and oxygen atoms in total. The van der Waals surface area contributed by atoms with Crippen molar-refractivity contribution >= 4 is 35.0 Å². The van der Waals surface area contributed by atoms with E-state index in [1.807, 2.05) is 0 Å². The molecule has 0 heterocycles. The normalized spacial score (nSPS) is 29.5. The lowest BCUT2D eigenvalue weighted by Gasteiger charge is -2.53. The molecule has 2 amide bonds. The summed E-state index contributed by atoms with van der Waals surface area (Å²) in [5.74, 6) is -12.4. The van der Waals surface area contributed by atoms with Crippen LogP contribution in [0, 0.1) is 11.8 Å². The van der Waals surface area contributed by atoms with Crippen LogP contribution in [0.1, 0.15) is 41.6 Å². The van der Waals surface area contributed by atoms with Gasteiger partial charge in [-0.15, -0.1) is 0 Å². The van der Waals surface area contributed by atoms with Crippen LogP contribution < -0.4 is 16.8 Å². The Hall–Kier alpha value is -4.31. The molecule has 0 aromatic heterocycles. The number of primary amides is 1. The minimum atomic E-state index is -3.05. The fourth-order valence-electron chi connectivity index (χ4n) is 6.36. The zero-order valence-corrected chi connectivity index (χ0v) is 22.9.